The molecule has 0 aliphatic carbocycles. The summed E-state index contributed by atoms with van der Waals surface area (Å²) in [5.74, 6) is 1.49. The Morgan fingerprint density at radius 3 is 1.19 bits per heavy atom. The van der Waals surface area contributed by atoms with Crippen molar-refractivity contribution in [3.05, 3.63) is 0 Å². The Labute approximate surface area is 104 Å². The molecule has 0 aliphatic rings. The second-order valence-electron chi connectivity index (χ2n) is 8.13. The van der Waals surface area contributed by atoms with Crippen LogP contribution in [-0.2, 0) is 0 Å². The van der Waals surface area contributed by atoms with E-state index in [-0.39, 0.29) is 0 Å². The quantitative estimate of drug-likeness (QED) is 0.571. The summed E-state index contributed by atoms with van der Waals surface area (Å²) in [5.41, 5.74) is 1.20. The highest BCUT2D eigenvalue weighted by Crippen LogP contribution is 2.51. The van der Waals surface area contributed by atoms with Gasteiger partial charge in [0.2, 0.25) is 0 Å². The van der Waals surface area contributed by atoms with Gasteiger partial charge in [-0.05, 0) is 34.5 Å². The van der Waals surface area contributed by atoms with Crippen molar-refractivity contribution in [3.63, 3.8) is 0 Å². The minimum atomic E-state index is 0.373. The first-order valence-corrected chi connectivity index (χ1v) is 6.84. The third-order valence-electron chi connectivity index (χ3n) is 5.49. The molecule has 0 fully saturated rings. The Kier molecular flexibility index (Phi) is 4.70. The van der Waals surface area contributed by atoms with Crippen molar-refractivity contribution in [2.24, 2.45) is 28.1 Å². The lowest BCUT2D eigenvalue weighted by Crippen LogP contribution is -2.40. The second-order valence-corrected chi connectivity index (χ2v) is 8.13. The van der Waals surface area contributed by atoms with Crippen LogP contribution < -0.4 is 0 Å². The highest BCUT2D eigenvalue weighted by atomic mass is 14.5. The van der Waals surface area contributed by atoms with E-state index in [0.29, 0.717) is 16.2 Å². The monoisotopic (exact) mass is 226 g/mol. The molecule has 0 aromatic carbocycles. The first-order chi connectivity index (χ1) is 6.84. The van der Waals surface area contributed by atoms with Crippen LogP contribution in [0.3, 0.4) is 0 Å². The van der Waals surface area contributed by atoms with E-state index in [4.69, 9.17) is 0 Å². The van der Waals surface area contributed by atoms with Crippen LogP contribution in [0.1, 0.15) is 75.7 Å². The molecule has 0 aromatic heterocycles. The van der Waals surface area contributed by atoms with Gasteiger partial charge in [-0.1, -0.05) is 69.2 Å². The predicted octanol–water partition coefficient (Wildman–Crippen LogP) is 5.77. The molecule has 0 saturated heterocycles. The maximum Gasteiger partial charge on any atom is -0.0274 e. The fourth-order valence-corrected chi connectivity index (χ4v) is 2.29. The van der Waals surface area contributed by atoms with Crippen molar-refractivity contribution in [1.82, 2.24) is 0 Å². The predicted molar refractivity (Wildman–Crippen MR) is 75.6 cm³/mol. The van der Waals surface area contributed by atoms with E-state index < -0.39 is 0 Å². The molecule has 0 radical (unpaired) electrons. The molecule has 0 N–H and O–H groups in total. The van der Waals surface area contributed by atoms with Crippen LogP contribution in [0.2, 0.25) is 0 Å². The fraction of sp³-hybridized carbons (Fsp3) is 1.00. The Morgan fingerprint density at radius 2 is 1.00 bits per heavy atom. The molecule has 0 spiro atoms. The molecule has 0 aromatic rings. The highest BCUT2D eigenvalue weighted by molar-refractivity contribution is 4.92. The molecule has 0 unspecified atom stereocenters. The van der Waals surface area contributed by atoms with Crippen LogP contribution in [0.15, 0.2) is 0 Å². The standard InChI is InChI=1S/C16H34/c1-12(2)16(10,13(3)4)11-15(8,9)14(5,6)7/h12-13H,11H2,1-10H3. The normalized spacial score (nSPS) is 15.0. The molecule has 0 rings (SSSR count). The molecule has 0 saturated carbocycles. The van der Waals surface area contributed by atoms with Gasteiger partial charge in [0.1, 0.15) is 0 Å². The molecule has 0 amide bonds. The van der Waals surface area contributed by atoms with Crippen LogP contribution in [0.4, 0.5) is 0 Å². The summed E-state index contributed by atoms with van der Waals surface area (Å²) in [6, 6.07) is 0. The minimum absolute atomic E-state index is 0.373. The Balaban J connectivity index is 5.06. The highest BCUT2D eigenvalue weighted by Gasteiger charge is 2.42. The lowest BCUT2D eigenvalue weighted by Gasteiger charge is -2.49. The summed E-state index contributed by atoms with van der Waals surface area (Å²) in [4.78, 5) is 0. The van der Waals surface area contributed by atoms with E-state index in [1.54, 1.807) is 0 Å². The molecule has 98 valence electrons. The Morgan fingerprint density at radius 1 is 0.688 bits per heavy atom. The van der Waals surface area contributed by atoms with Crippen molar-refractivity contribution < 1.29 is 0 Å². The van der Waals surface area contributed by atoms with Gasteiger partial charge < -0.3 is 0 Å². The van der Waals surface area contributed by atoms with Crippen molar-refractivity contribution in [2.75, 3.05) is 0 Å². The third-order valence-corrected chi connectivity index (χ3v) is 5.49. The van der Waals surface area contributed by atoms with Crippen molar-refractivity contribution in [2.45, 2.75) is 75.7 Å². The lowest BCUT2D eigenvalue weighted by molar-refractivity contribution is 0.00835. The molecule has 0 atom stereocenters. The zero-order valence-corrected chi connectivity index (χ0v) is 13.4. The maximum absolute atomic E-state index is 2.47. The van der Waals surface area contributed by atoms with Crippen LogP contribution in [0.25, 0.3) is 0 Å². The average molecular weight is 226 g/mol. The minimum Gasteiger partial charge on any atom is -0.0622 e. The topological polar surface area (TPSA) is 0 Å². The molecule has 0 bridgehead atoms. The van der Waals surface area contributed by atoms with E-state index in [2.05, 4.69) is 69.2 Å². The zero-order valence-electron chi connectivity index (χ0n) is 13.4. The smallest absolute Gasteiger partial charge is 0.0274 e. The summed E-state index contributed by atoms with van der Waals surface area (Å²) in [7, 11) is 0. The Bertz CT molecular complexity index is 205. The van der Waals surface area contributed by atoms with Crippen LogP contribution in [0.5, 0.6) is 0 Å². The largest absolute Gasteiger partial charge is 0.0622 e. The molecule has 0 heteroatoms. The van der Waals surface area contributed by atoms with Gasteiger partial charge in [0.25, 0.3) is 0 Å². The van der Waals surface area contributed by atoms with Crippen molar-refractivity contribution in [1.29, 1.82) is 0 Å². The molecule has 0 aliphatic heterocycles. The van der Waals surface area contributed by atoms with E-state index >= 15 is 0 Å². The van der Waals surface area contributed by atoms with Gasteiger partial charge in [0, 0.05) is 0 Å². The average Bonchev–Trinajstić information content (AvgIpc) is 2.00. The molecule has 16 heavy (non-hydrogen) atoms. The summed E-state index contributed by atoms with van der Waals surface area (Å²) in [6.45, 7) is 23.9. The fourth-order valence-electron chi connectivity index (χ4n) is 2.29. The molecular weight excluding hydrogens is 192 g/mol. The van der Waals surface area contributed by atoms with E-state index in [9.17, 15) is 0 Å². The van der Waals surface area contributed by atoms with Crippen LogP contribution >= 0.6 is 0 Å². The Hall–Kier alpha value is 0. The lowest BCUT2D eigenvalue weighted by atomic mass is 9.56. The summed E-state index contributed by atoms with van der Waals surface area (Å²) >= 11 is 0. The summed E-state index contributed by atoms with van der Waals surface area (Å²) in [5, 5.41) is 0. The maximum atomic E-state index is 2.47. The van der Waals surface area contributed by atoms with Gasteiger partial charge in [-0.15, -0.1) is 0 Å². The molecule has 0 heterocycles. The molecule has 0 nitrogen and oxygen atoms in total. The van der Waals surface area contributed by atoms with E-state index in [1.807, 2.05) is 0 Å². The first-order valence-electron chi connectivity index (χ1n) is 6.84. The number of hydrogen-bond acceptors (Lipinski definition) is 0. The van der Waals surface area contributed by atoms with Gasteiger partial charge in [0.15, 0.2) is 0 Å². The third kappa shape index (κ3) is 3.25. The van der Waals surface area contributed by atoms with Gasteiger partial charge in [-0.3, -0.25) is 0 Å². The SMILES string of the molecule is CC(C)C(C)(CC(C)(C)C(C)(C)C)C(C)C. The van der Waals surface area contributed by atoms with Crippen molar-refractivity contribution >= 4 is 0 Å². The van der Waals surface area contributed by atoms with E-state index in [0.717, 1.165) is 11.8 Å². The van der Waals surface area contributed by atoms with Gasteiger partial charge in [-0.25, -0.2) is 0 Å². The van der Waals surface area contributed by atoms with Crippen molar-refractivity contribution in [3.8, 4) is 0 Å². The van der Waals surface area contributed by atoms with Crippen LogP contribution in [0, 0.1) is 28.1 Å². The van der Waals surface area contributed by atoms with Gasteiger partial charge >= 0.3 is 0 Å². The van der Waals surface area contributed by atoms with E-state index in [1.165, 1.54) is 6.42 Å². The molecular formula is C16H34. The number of hydrogen-bond donors (Lipinski definition) is 0. The van der Waals surface area contributed by atoms with Gasteiger partial charge in [0.05, 0.1) is 0 Å². The zero-order chi connectivity index (χ0) is 13.4. The first kappa shape index (κ1) is 16.0. The summed E-state index contributed by atoms with van der Waals surface area (Å²) < 4.78 is 0. The number of rotatable bonds is 4. The summed E-state index contributed by atoms with van der Waals surface area (Å²) in [6.07, 6.45) is 1.30. The van der Waals surface area contributed by atoms with Gasteiger partial charge in [-0.2, -0.15) is 0 Å². The second kappa shape index (κ2) is 4.70. The van der Waals surface area contributed by atoms with Crippen LogP contribution in [-0.4, -0.2) is 0 Å².